The van der Waals surface area contributed by atoms with E-state index in [1.807, 2.05) is 83.4 Å². The van der Waals surface area contributed by atoms with Crippen molar-refractivity contribution in [3.8, 4) is 56.0 Å². The summed E-state index contributed by atoms with van der Waals surface area (Å²) in [4.78, 5) is 4.21. The van der Waals surface area contributed by atoms with Gasteiger partial charge in [-0.15, -0.1) is 18.2 Å². The van der Waals surface area contributed by atoms with Crippen LogP contribution in [-0.2, 0) is 20.1 Å². The van der Waals surface area contributed by atoms with Crippen LogP contribution < -0.4 is 4.57 Å². The quantitative estimate of drug-likeness (QED) is 0.123. The molecule has 0 bridgehead atoms. The summed E-state index contributed by atoms with van der Waals surface area (Å²) in [6.45, 7) is -5.15. The maximum absolute atomic E-state index is 8.74. The van der Waals surface area contributed by atoms with Gasteiger partial charge in [-0.05, 0) is 76.2 Å². The molecular formula is C56H39IrN3O+. The summed E-state index contributed by atoms with van der Waals surface area (Å²) in [7, 11) is 0. The molecule has 5 heteroatoms. The summed E-state index contributed by atoms with van der Waals surface area (Å²) in [5.74, 6) is 0. The van der Waals surface area contributed by atoms with Crippen molar-refractivity contribution < 1.29 is 51.0 Å². The number of rotatable bonds is 6. The van der Waals surface area contributed by atoms with Crippen LogP contribution in [0.4, 0.5) is 0 Å². The van der Waals surface area contributed by atoms with Gasteiger partial charge < -0.3 is 14.0 Å². The van der Waals surface area contributed by atoms with Gasteiger partial charge in [-0.2, -0.15) is 30.3 Å². The normalized spacial score (nSPS) is 15.1. The van der Waals surface area contributed by atoms with Crippen molar-refractivity contribution in [2.45, 2.75) is 13.7 Å². The zero-order valence-corrected chi connectivity index (χ0v) is 34.3. The van der Waals surface area contributed by atoms with E-state index in [9.17, 15) is 0 Å². The summed E-state index contributed by atoms with van der Waals surface area (Å²) in [5.41, 5.74) is 6.08. The van der Waals surface area contributed by atoms with Gasteiger partial charge in [-0.25, -0.2) is 0 Å². The number of benzene rings is 8. The van der Waals surface area contributed by atoms with E-state index in [-0.39, 0.29) is 66.5 Å². The van der Waals surface area contributed by atoms with Gasteiger partial charge in [-0.3, -0.25) is 4.57 Å². The van der Waals surface area contributed by atoms with Crippen molar-refractivity contribution in [2.24, 2.45) is 0 Å². The topological polar surface area (TPSA) is 34.8 Å². The van der Waals surface area contributed by atoms with Crippen molar-refractivity contribution in [2.75, 3.05) is 0 Å². The van der Waals surface area contributed by atoms with E-state index in [4.69, 9.17) is 26.3 Å². The number of nitrogens with zero attached hydrogens (tertiary/aromatic N) is 3. The smallest absolute Gasteiger partial charge is 0.501 e. The fourth-order valence-electron chi connectivity index (χ4n) is 7.31. The fourth-order valence-corrected chi connectivity index (χ4v) is 7.31. The largest absolute Gasteiger partial charge is 3.00 e. The number of hydrogen-bond donors (Lipinski definition) is 0. The van der Waals surface area contributed by atoms with E-state index < -0.39 is 50.0 Å². The molecule has 0 unspecified atom stereocenters. The Morgan fingerprint density at radius 1 is 0.623 bits per heavy atom. The monoisotopic (exact) mass is 978 g/mol. The molecule has 8 aromatic carbocycles. The zero-order valence-electron chi connectivity index (χ0n) is 47.9. The van der Waals surface area contributed by atoms with E-state index in [0.29, 0.717) is 67.1 Å². The van der Waals surface area contributed by atoms with Gasteiger partial charge in [0.2, 0.25) is 0 Å². The average Bonchev–Trinajstić information content (AvgIpc) is 4.02. The van der Waals surface area contributed by atoms with Crippen molar-refractivity contribution in [3.63, 3.8) is 0 Å². The molecule has 292 valence electrons. The predicted molar refractivity (Wildman–Crippen MR) is 244 cm³/mol. The number of aromatic nitrogens is 3. The SMILES string of the molecule is [2H]C([2H])([2H])c1cnc(-c2[c-]ccc3c2oc2ccccc23)cc1C([2H])([2H])[2H].[2H]c1c([2H])c([2H])c(-c2ccccc2-c2cccc3c2[n+](-c2ccccc2-c2c([2H])c([2H])c([2H])c([2H])c2[2H])[c-]n3-c2[c-]cccc2)c([2H])c1[2H].[Ir+3]. The number of pyridine rings is 1. The Hall–Kier alpha value is -7.17. The summed E-state index contributed by atoms with van der Waals surface area (Å²) in [6, 6.07) is 41.7. The van der Waals surface area contributed by atoms with E-state index >= 15 is 0 Å². The number of para-hydroxylation sites is 4. The van der Waals surface area contributed by atoms with Gasteiger partial charge >= 0.3 is 20.1 Å². The molecule has 61 heavy (non-hydrogen) atoms. The second-order valence-corrected chi connectivity index (χ2v) is 13.6. The number of imidazole rings is 1. The van der Waals surface area contributed by atoms with Crippen molar-refractivity contribution >= 4 is 33.0 Å². The molecule has 0 aliphatic rings. The molecule has 4 nitrogen and oxygen atoms in total. The van der Waals surface area contributed by atoms with Crippen molar-refractivity contribution in [3.05, 3.63) is 230 Å². The number of furan rings is 1. The molecule has 0 aliphatic carbocycles. The third-order valence-corrected chi connectivity index (χ3v) is 10.0. The summed E-state index contributed by atoms with van der Waals surface area (Å²) in [5, 5.41) is 1.79. The van der Waals surface area contributed by atoms with Gasteiger partial charge in [0.15, 0.2) is 0 Å². The van der Waals surface area contributed by atoms with Crippen LogP contribution in [-0.4, -0.2) is 9.55 Å². The Morgan fingerprint density at radius 2 is 1.31 bits per heavy atom. The summed E-state index contributed by atoms with van der Waals surface area (Å²) < 4.78 is 140. The molecule has 0 saturated heterocycles. The van der Waals surface area contributed by atoms with Crippen molar-refractivity contribution in [1.29, 1.82) is 0 Å². The molecular weight excluding hydrogens is 923 g/mol. The fraction of sp³-hybridized carbons (Fsp3) is 0.0357. The average molecular weight is 978 g/mol. The predicted octanol–water partition coefficient (Wildman–Crippen LogP) is 13.6. The van der Waals surface area contributed by atoms with E-state index in [0.717, 1.165) is 17.0 Å². The zero-order chi connectivity index (χ0) is 54.1. The molecule has 11 rings (SSSR count). The minimum Gasteiger partial charge on any atom is -0.501 e. The van der Waals surface area contributed by atoms with Gasteiger partial charge in [0, 0.05) is 19.8 Å². The molecule has 3 aromatic heterocycles. The van der Waals surface area contributed by atoms with Gasteiger partial charge in [0.05, 0.1) is 36.0 Å². The second kappa shape index (κ2) is 17.2. The van der Waals surface area contributed by atoms with E-state index in [1.165, 1.54) is 6.07 Å². The number of aryl methyl sites for hydroxylation is 2. The van der Waals surface area contributed by atoms with Crippen molar-refractivity contribution in [1.82, 2.24) is 9.55 Å². The first-order valence-electron chi connectivity index (χ1n) is 26.8. The van der Waals surface area contributed by atoms with Crippen LogP contribution in [0.25, 0.3) is 89.0 Å². The molecule has 0 aliphatic heterocycles. The first kappa shape index (κ1) is 24.8. The molecule has 0 N–H and O–H groups in total. The molecule has 0 saturated carbocycles. The van der Waals surface area contributed by atoms with Gasteiger partial charge in [0.1, 0.15) is 5.58 Å². The molecule has 0 atom stereocenters. The molecule has 0 amide bonds. The number of fused-ring (bicyclic) bond motifs is 4. The molecule has 0 spiro atoms. The van der Waals surface area contributed by atoms with Crippen LogP contribution in [0.2, 0.25) is 0 Å². The minimum atomic E-state index is -2.58. The van der Waals surface area contributed by atoms with Crippen LogP contribution in [0, 0.1) is 32.2 Å². The molecule has 0 fully saturated rings. The summed E-state index contributed by atoms with van der Waals surface area (Å²) >= 11 is 0. The van der Waals surface area contributed by atoms with E-state index in [2.05, 4.69) is 23.4 Å². The van der Waals surface area contributed by atoms with Crippen LogP contribution in [0.5, 0.6) is 0 Å². The Balaban J connectivity index is 0.000000218. The molecule has 0 radical (unpaired) electrons. The first-order valence-corrected chi connectivity index (χ1v) is 18.8. The Bertz CT molecular complexity index is 4060. The van der Waals surface area contributed by atoms with Crippen LogP contribution in [0.1, 0.15) is 33.1 Å². The van der Waals surface area contributed by atoms with Crippen LogP contribution in [0.15, 0.2) is 204 Å². The van der Waals surface area contributed by atoms with Gasteiger partial charge in [-0.1, -0.05) is 162 Å². The third kappa shape index (κ3) is 7.51. The summed E-state index contributed by atoms with van der Waals surface area (Å²) in [6.07, 6.45) is 4.53. The van der Waals surface area contributed by atoms with Gasteiger partial charge in [0.25, 0.3) is 6.33 Å². The molecule has 11 aromatic rings. The Kier molecular flexibility index (Phi) is 6.99. The maximum Gasteiger partial charge on any atom is 3.00 e. The number of hydrogen-bond acceptors (Lipinski definition) is 2. The Morgan fingerprint density at radius 3 is 2.08 bits per heavy atom. The maximum atomic E-state index is 8.74. The standard InChI is InChI=1S/C37H25N2.C19H14NO.Ir/c1-4-15-28(16-5-1)31-21-10-11-23-33(31)34-24-14-26-36-37(34)39(27-38(36)30-19-8-3-9-20-30)35-25-13-12-22-32(35)29-17-6-2-7-18-29;1-12-10-17(20-11-13(12)2)16-8-5-7-15-14-6-3-4-9-18(14)21-19(15)16;/h1-19,21-26H;3-7,9-11H,1-2H3;/q2*-1;+3/i1D,2D,4D,5D,6D,7D,15D,16D,17D,18D;1D3,2D3;. The Labute approximate surface area is 391 Å². The van der Waals surface area contributed by atoms with Crippen LogP contribution >= 0.6 is 0 Å². The first-order chi connectivity index (χ1) is 36.2. The van der Waals surface area contributed by atoms with Crippen LogP contribution in [0.3, 0.4) is 0 Å². The molecule has 3 heterocycles. The minimum absolute atomic E-state index is 0. The van der Waals surface area contributed by atoms with E-state index in [1.54, 1.807) is 53.1 Å². The second-order valence-electron chi connectivity index (χ2n) is 13.6. The third-order valence-electron chi connectivity index (χ3n) is 10.0.